The van der Waals surface area contributed by atoms with Crippen LogP contribution in [0.15, 0.2) is 28.3 Å². The van der Waals surface area contributed by atoms with E-state index in [-0.39, 0.29) is 0 Å². The molecule has 0 spiro atoms. The van der Waals surface area contributed by atoms with E-state index in [1.807, 2.05) is 19.2 Å². The molecule has 1 aromatic carbocycles. The highest BCUT2D eigenvalue weighted by Gasteiger charge is 2.05. The molecule has 0 aliphatic heterocycles. The Bertz CT molecular complexity index is 494. The van der Waals surface area contributed by atoms with Crippen molar-refractivity contribution >= 4 is 11.8 Å². The van der Waals surface area contributed by atoms with Crippen LogP contribution in [0, 0.1) is 6.92 Å². The van der Waals surface area contributed by atoms with Gasteiger partial charge in [0.15, 0.2) is 0 Å². The minimum absolute atomic E-state index is 0.572. The van der Waals surface area contributed by atoms with Crippen LogP contribution in [-0.4, -0.2) is 20.2 Å². The summed E-state index contributed by atoms with van der Waals surface area (Å²) in [6.45, 7) is 2.63. The van der Waals surface area contributed by atoms with Crippen LogP contribution in [0.1, 0.15) is 11.1 Å². The summed E-state index contributed by atoms with van der Waals surface area (Å²) in [6.07, 6.45) is 0. The highest BCUT2D eigenvalue weighted by molar-refractivity contribution is 7.99. The van der Waals surface area contributed by atoms with Crippen LogP contribution < -0.4 is 5.73 Å². The summed E-state index contributed by atoms with van der Waals surface area (Å²) in [6, 6.07) is 6.18. The lowest BCUT2D eigenvalue weighted by atomic mass is 10.1. The van der Waals surface area contributed by atoms with Crippen LogP contribution in [-0.2, 0) is 13.6 Å². The molecule has 5 nitrogen and oxygen atoms in total. The maximum atomic E-state index is 5.62. The lowest BCUT2D eigenvalue weighted by Gasteiger charge is -2.05. The quantitative estimate of drug-likeness (QED) is 0.863. The van der Waals surface area contributed by atoms with Gasteiger partial charge in [-0.1, -0.05) is 6.07 Å². The van der Waals surface area contributed by atoms with Crippen molar-refractivity contribution in [1.82, 2.24) is 20.2 Å². The molecule has 0 amide bonds. The van der Waals surface area contributed by atoms with Crippen molar-refractivity contribution in [3.05, 3.63) is 29.3 Å². The molecule has 0 bridgehead atoms. The van der Waals surface area contributed by atoms with Crippen LogP contribution in [0.4, 0.5) is 0 Å². The Morgan fingerprint density at radius 3 is 2.81 bits per heavy atom. The zero-order valence-corrected chi connectivity index (χ0v) is 10.0. The maximum Gasteiger partial charge on any atom is 0.213 e. The highest BCUT2D eigenvalue weighted by atomic mass is 32.2. The van der Waals surface area contributed by atoms with Gasteiger partial charge in [0, 0.05) is 18.5 Å². The number of nitrogens with two attached hydrogens (primary N) is 1. The lowest BCUT2D eigenvalue weighted by molar-refractivity contribution is 0.664. The molecule has 0 aliphatic rings. The van der Waals surface area contributed by atoms with E-state index in [2.05, 4.69) is 28.5 Å². The summed E-state index contributed by atoms with van der Waals surface area (Å²) in [5.74, 6) is 0. The molecule has 6 heteroatoms. The molecular weight excluding hydrogens is 222 g/mol. The first-order valence-electron chi connectivity index (χ1n) is 4.90. The van der Waals surface area contributed by atoms with Crippen molar-refractivity contribution in [2.45, 2.75) is 23.5 Å². The number of rotatable bonds is 3. The Labute approximate surface area is 98.0 Å². The molecule has 84 valence electrons. The van der Waals surface area contributed by atoms with E-state index < -0.39 is 0 Å². The van der Waals surface area contributed by atoms with Gasteiger partial charge in [-0.15, -0.1) is 5.10 Å². The maximum absolute atomic E-state index is 5.62. The monoisotopic (exact) mass is 235 g/mol. The molecule has 2 rings (SSSR count). The van der Waals surface area contributed by atoms with E-state index in [1.54, 1.807) is 16.4 Å². The number of tetrazole rings is 1. The predicted octanol–water partition coefficient (Wildman–Crippen LogP) is 1.13. The van der Waals surface area contributed by atoms with Gasteiger partial charge < -0.3 is 5.73 Å². The third-order valence-corrected chi connectivity index (χ3v) is 3.34. The van der Waals surface area contributed by atoms with E-state index in [9.17, 15) is 0 Å². The topological polar surface area (TPSA) is 69.6 Å². The molecule has 0 atom stereocenters. The van der Waals surface area contributed by atoms with Gasteiger partial charge in [-0.3, -0.25) is 0 Å². The zero-order valence-electron chi connectivity index (χ0n) is 9.21. The van der Waals surface area contributed by atoms with Crippen LogP contribution in [0.2, 0.25) is 0 Å². The van der Waals surface area contributed by atoms with Gasteiger partial charge in [-0.05, 0) is 52.4 Å². The number of benzene rings is 1. The Morgan fingerprint density at radius 2 is 2.25 bits per heavy atom. The van der Waals surface area contributed by atoms with E-state index in [1.165, 1.54) is 11.1 Å². The van der Waals surface area contributed by atoms with Crippen LogP contribution in [0.5, 0.6) is 0 Å². The average Bonchev–Trinajstić information content (AvgIpc) is 2.65. The van der Waals surface area contributed by atoms with Crippen molar-refractivity contribution < 1.29 is 0 Å². The van der Waals surface area contributed by atoms with Gasteiger partial charge >= 0.3 is 0 Å². The molecule has 0 fully saturated rings. The predicted molar refractivity (Wildman–Crippen MR) is 62.0 cm³/mol. The van der Waals surface area contributed by atoms with Crippen LogP contribution >= 0.6 is 11.8 Å². The van der Waals surface area contributed by atoms with Crippen LogP contribution in [0.25, 0.3) is 0 Å². The molecule has 0 radical (unpaired) electrons. The first-order chi connectivity index (χ1) is 7.70. The molecular formula is C10H13N5S. The first kappa shape index (κ1) is 11.1. The zero-order chi connectivity index (χ0) is 11.5. The summed E-state index contributed by atoms with van der Waals surface area (Å²) in [5, 5.41) is 12.1. The average molecular weight is 235 g/mol. The van der Waals surface area contributed by atoms with Crippen molar-refractivity contribution in [3.63, 3.8) is 0 Å². The van der Waals surface area contributed by atoms with Gasteiger partial charge in [0.25, 0.3) is 0 Å². The minimum atomic E-state index is 0.572. The van der Waals surface area contributed by atoms with Crippen LogP contribution in [0.3, 0.4) is 0 Å². The van der Waals surface area contributed by atoms with Gasteiger partial charge in [-0.2, -0.15) is 0 Å². The van der Waals surface area contributed by atoms with Gasteiger partial charge in [0.05, 0.1) is 0 Å². The second-order valence-corrected chi connectivity index (χ2v) is 4.52. The first-order valence-corrected chi connectivity index (χ1v) is 5.72. The Morgan fingerprint density at radius 1 is 1.44 bits per heavy atom. The summed E-state index contributed by atoms with van der Waals surface area (Å²) >= 11 is 1.54. The Hall–Kier alpha value is -1.40. The molecule has 2 N–H and O–H groups in total. The lowest BCUT2D eigenvalue weighted by Crippen LogP contribution is -1.99. The third-order valence-electron chi connectivity index (χ3n) is 2.32. The van der Waals surface area contributed by atoms with Crippen molar-refractivity contribution in [2.75, 3.05) is 0 Å². The van der Waals surface area contributed by atoms with Crippen molar-refractivity contribution in [3.8, 4) is 0 Å². The van der Waals surface area contributed by atoms with Crippen molar-refractivity contribution in [1.29, 1.82) is 0 Å². The second-order valence-electron chi connectivity index (χ2n) is 3.48. The largest absolute Gasteiger partial charge is 0.326 e. The van der Waals surface area contributed by atoms with Gasteiger partial charge in [0.2, 0.25) is 5.16 Å². The van der Waals surface area contributed by atoms with Gasteiger partial charge in [-0.25, -0.2) is 4.68 Å². The fourth-order valence-electron chi connectivity index (χ4n) is 1.37. The molecule has 0 saturated carbocycles. The Balaban J connectivity index is 2.23. The van der Waals surface area contributed by atoms with E-state index in [0.29, 0.717) is 6.54 Å². The highest BCUT2D eigenvalue weighted by Crippen LogP contribution is 2.26. The normalized spacial score (nSPS) is 10.7. The smallest absolute Gasteiger partial charge is 0.213 e. The molecule has 0 aliphatic carbocycles. The summed E-state index contributed by atoms with van der Waals surface area (Å²) < 4.78 is 1.65. The number of aromatic nitrogens is 4. The number of aryl methyl sites for hydroxylation is 2. The molecule has 0 saturated heterocycles. The molecule has 1 heterocycles. The molecule has 2 aromatic rings. The number of nitrogens with zero attached hydrogens (tertiary/aromatic N) is 4. The van der Waals surface area contributed by atoms with E-state index in [4.69, 9.17) is 5.73 Å². The minimum Gasteiger partial charge on any atom is -0.326 e. The molecule has 16 heavy (non-hydrogen) atoms. The number of hydrogen-bond acceptors (Lipinski definition) is 5. The SMILES string of the molecule is Cc1cc(Sc2nnnn2C)ccc1CN. The third kappa shape index (κ3) is 2.23. The molecule has 0 unspecified atom stereocenters. The number of hydrogen-bond donors (Lipinski definition) is 1. The van der Waals surface area contributed by atoms with Gasteiger partial charge in [0.1, 0.15) is 0 Å². The summed E-state index contributed by atoms with van der Waals surface area (Å²) in [5.41, 5.74) is 7.98. The standard InChI is InChI=1S/C10H13N5S/c1-7-5-9(4-3-8(7)6-11)16-10-12-13-14-15(10)2/h3-5H,6,11H2,1-2H3. The van der Waals surface area contributed by atoms with E-state index in [0.717, 1.165) is 10.1 Å². The Kier molecular flexibility index (Phi) is 3.21. The summed E-state index contributed by atoms with van der Waals surface area (Å²) in [4.78, 5) is 1.12. The fraction of sp³-hybridized carbons (Fsp3) is 0.300. The fourth-order valence-corrected chi connectivity index (χ4v) is 2.20. The van der Waals surface area contributed by atoms with Crippen molar-refractivity contribution in [2.24, 2.45) is 12.8 Å². The summed E-state index contributed by atoms with van der Waals surface area (Å²) in [7, 11) is 1.82. The molecule has 1 aromatic heterocycles. The second kappa shape index (κ2) is 4.63. The van der Waals surface area contributed by atoms with E-state index >= 15 is 0 Å².